The first-order chi connectivity index (χ1) is 14.3. The van der Waals surface area contributed by atoms with Crippen LogP contribution >= 0.6 is 39.9 Å². The molecule has 1 heterocycles. The molecule has 3 rings (SSSR count). The lowest BCUT2D eigenvalue weighted by Crippen LogP contribution is -2.27. The molecule has 5 nitrogen and oxygen atoms in total. The number of ether oxygens (including phenoxy) is 2. The first kappa shape index (κ1) is 22.7. The van der Waals surface area contributed by atoms with Crippen LogP contribution in [0.15, 0.2) is 45.8 Å². The summed E-state index contributed by atoms with van der Waals surface area (Å²) < 4.78 is 12.7. The van der Waals surface area contributed by atoms with Gasteiger partial charge in [0, 0.05) is 19.8 Å². The fraction of sp³-hybridized carbons (Fsp3) is 0.273. The third-order valence-corrected chi connectivity index (χ3v) is 6.23. The van der Waals surface area contributed by atoms with E-state index in [1.165, 1.54) is 11.8 Å². The second-order valence-electron chi connectivity index (χ2n) is 6.62. The number of hydrogen-bond acceptors (Lipinski definition) is 6. The van der Waals surface area contributed by atoms with Gasteiger partial charge in [0.25, 0.3) is 5.91 Å². The molecule has 1 amide bonds. The Bertz CT molecular complexity index is 991. The molecule has 0 saturated carbocycles. The van der Waals surface area contributed by atoms with Crippen molar-refractivity contribution in [3.8, 4) is 11.5 Å². The Kier molecular flexibility index (Phi) is 7.44. The highest BCUT2D eigenvalue weighted by molar-refractivity contribution is 9.10. The van der Waals surface area contributed by atoms with Gasteiger partial charge in [0.15, 0.2) is 15.8 Å². The number of nitrogens with zero attached hydrogens (tertiary/aromatic N) is 2. The molecule has 2 aromatic carbocycles. The maximum Gasteiger partial charge on any atom is 0.270 e. The van der Waals surface area contributed by atoms with Crippen LogP contribution in [0.1, 0.15) is 19.4 Å². The van der Waals surface area contributed by atoms with Crippen LogP contribution in [0, 0.1) is 0 Å². The van der Waals surface area contributed by atoms with E-state index in [0.29, 0.717) is 33.9 Å². The standard InChI is InChI=1S/C22H23BrN2O3S2/c1-5-27-18-12-14(11-17(23)20(18)28-6-2)13-19-21(26)25(22(29)30-19)16-9-7-15(8-10-16)24(3)4/h7-13H,5-6H2,1-4H3/b19-13+. The zero-order valence-electron chi connectivity index (χ0n) is 17.3. The average molecular weight is 507 g/mol. The van der Waals surface area contributed by atoms with Crippen molar-refractivity contribution < 1.29 is 14.3 Å². The number of rotatable bonds is 7. The first-order valence-corrected chi connectivity index (χ1v) is 11.5. The lowest BCUT2D eigenvalue weighted by atomic mass is 10.1. The van der Waals surface area contributed by atoms with Crippen LogP contribution in [0.5, 0.6) is 11.5 Å². The van der Waals surface area contributed by atoms with Gasteiger partial charge in [-0.05, 0) is 77.8 Å². The maximum absolute atomic E-state index is 13.1. The van der Waals surface area contributed by atoms with E-state index in [4.69, 9.17) is 21.7 Å². The Morgan fingerprint density at radius 1 is 1.13 bits per heavy atom. The van der Waals surface area contributed by atoms with Crippen molar-refractivity contribution in [2.24, 2.45) is 0 Å². The number of anilines is 2. The highest BCUT2D eigenvalue weighted by atomic mass is 79.9. The van der Waals surface area contributed by atoms with Gasteiger partial charge >= 0.3 is 0 Å². The Morgan fingerprint density at radius 2 is 1.80 bits per heavy atom. The highest BCUT2D eigenvalue weighted by Gasteiger charge is 2.33. The summed E-state index contributed by atoms with van der Waals surface area (Å²) in [6.07, 6.45) is 1.83. The number of benzene rings is 2. The van der Waals surface area contributed by atoms with E-state index in [0.717, 1.165) is 21.4 Å². The van der Waals surface area contributed by atoms with Crippen molar-refractivity contribution in [3.05, 3.63) is 51.3 Å². The van der Waals surface area contributed by atoms with Gasteiger partial charge in [-0.2, -0.15) is 0 Å². The lowest BCUT2D eigenvalue weighted by molar-refractivity contribution is -0.113. The average Bonchev–Trinajstić information content (AvgIpc) is 2.98. The molecule has 30 heavy (non-hydrogen) atoms. The number of halogens is 1. The molecule has 0 aromatic heterocycles. The summed E-state index contributed by atoms with van der Waals surface area (Å²) in [4.78, 5) is 17.2. The minimum absolute atomic E-state index is 0.134. The number of thioether (sulfide) groups is 1. The molecule has 1 fully saturated rings. The van der Waals surface area contributed by atoms with Gasteiger partial charge in [-0.1, -0.05) is 24.0 Å². The number of thiocarbonyl (C=S) groups is 1. The zero-order valence-corrected chi connectivity index (χ0v) is 20.5. The molecular formula is C22H23BrN2O3S2. The summed E-state index contributed by atoms with van der Waals surface area (Å²) in [6.45, 7) is 4.89. The molecule has 1 aliphatic rings. The van der Waals surface area contributed by atoms with E-state index in [-0.39, 0.29) is 5.91 Å². The maximum atomic E-state index is 13.1. The molecule has 1 saturated heterocycles. The summed E-state index contributed by atoms with van der Waals surface area (Å²) in [7, 11) is 3.95. The summed E-state index contributed by atoms with van der Waals surface area (Å²) in [6, 6.07) is 11.5. The third kappa shape index (κ3) is 4.82. The molecule has 0 atom stereocenters. The first-order valence-electron chi connectivity index (χ1n) is 9.50. The van der Waals surface area contributed by atoms with E-state index >= 15 is 0 Å². The van der Waals surface area contributed by atoms with E-state index in [2.05, 4.69) is 15.9 Å². The van der Waals surface area contributed by atoms with Crippen LogP contribution in [-0.2, 0) is 4.79 Å². The van der Waals surface area contributed by atoms with E-state index in [1.54, 1.807) is 4.90 Å². The van der Waals surface area contributed by atoms with Crippen LogP contribution in [-0.4, -0.2) is 37.5 Å². The minimum Gasteiger partial charge on any atom is -0.490 e. The number of amides is 1. The molecule has 0 radical (unpaired) electrons. The Balaban J connectivity index is 1.91. The molecule has 0 N–H and O–H groups in total. The van der Waals surface area contributed by atoms with E-state index < -0.39 is 0 Å². The smallest absolute Gasteiger partial charge is 0.270 e. The summed E-state index contributed by atoms with van der Waals surface area (Å²) in [5, 5.41) is 0. The zero-order chi connectivity index (χ0) is 21.8. The second-order valence-corrected chi connectivity index (χ2v) is 9.15. The van der Waals surface area contributed by atoms with Crippen LogP contribution in [0.3, 0.4) is 0 Å². The van der Waals surface area contributed by atoms with Gasteiger partial charge in [0.05, 0.1) is 28.3 Å². The van der Waals surface area contributed by atoms with Crippen molar-refractivity contribution >= 4 is 67.6 Å². The fourth-order valence-electron chi connectivity index (χ4n) is 2.96. The van der Waals surface area contributed by atoms with Gasteiger partial charge in [-0.25, -0.2) is 0 Å². The predicted octanol–water partition coefficient (Wildman–Crippen LogP) is 5.72. The summed E-state index contributed by atoms with van der Waals surface area (Å²) >= 11 is 10.3. The molecule has 0 bridgehead atoms. The third-order valence-electron chi connectivity index (χ3n) is 4.34. The molecule has 2 aromatic rings. The quantitative estimate of drug-likeness (QED) is 0.353. The molecule has 8 heteroatoms. The van der Waals surface area contributed by atoms with Gasteiger partial charge in [0.1, 0.15) is 0 Å². The Morgan fingerprint density at radius 3 is 2.40 bits per heavy atom. The molecule has 0 spiro atoms. The largest absolute Gasteiger partial charge is 0.490 e. The summed E-state index contributed by atoms with van der Waals surface area (Å²) in [5.41, 5.74) is 2.65. The SMILES string of the molecule is CCOc1cc(/C=C2/SC(=S)N(c3ccc(N(C)C)cc3)C2=O)cc(Br)c1OCC. The second kappa shape index (κ2) is 9.85. The van der Waals surface area contributed by atoms with E-state index in [9.17, 15) is 4.79 Å². The Labute approximate surface area is 195 Å². The van der Waals surface area contributed by atoms with Gasteiger partial charge in [-0.3, -0.25) is 9.69 Å². The van der Waals surface area contributed by atoms with Crippen LogP contribution in [0.4, 0.5) is 11.4 Å². The van der Waals surface area contributed by atoms with Gasteiger partial charge in [-0.15, -0.1) is 0 Å². The van der Waals surface area contributed by atoms with E-state index in [1.807, 2.05) is 75.3 Å². The molecular weight excluding hydrogens is 484 g/mol. The van der Waals surface area contributed by atoms with Crippen LogP contribution in [0.2, 0.25) is 0 Å². The fourth-order valence-corrected chi connectivity index (χ4v) is 4.83. The normalized spacial score (nSPS) is 15.1. The van der Waals surface area contributed by atoms with Crippen molar-refractivity contribution in [1.29, 1.82) is 0 Å². The number of carbonyl (C=O) groups excluding carboxylic acids is 1. The highest BCUT2D eigenvalue weighted by Crippen LogP contribution is 2.40. The van der Waals surface area contributed by atoms with Crippen molar-refractivity contribution in [2.75, 3.05) is 37.1 Å². The lowest BCUT2D eigenvalue weighted by Gasteiger charge is -2.17. The molecule has 0 unspecified atom stereocenters. The molecule has 158 valence electrons. The Hall–Kier alpha value is -2.03. The van der Waals surface area contributed by atoms with Crippen LogP contribution in [0.25, 0.3) is 6.08 Å². The number of hydrogen-bond donors (Lipinski definition) is 0. The van der Waals surface area contributed by atoms with Gasteiger partial charge < -0.3 is 14.4 Å². The van der Waals surface area contributed by atoms with Crippen LogP contribution < -0.4 is 19.3 Å². The topological polar surface area (TPSA) is 42.0 Å². The van der Waals surface area contributed by atoms with Crippen molar-refractivity contribution in [3.63, 3.8) is 0 Å². The molecule has 1 aliphatic heterocycles. The van der Waals surface area contributed by atoms with Gasteiger partial charge in [0.2, 0.25) is 0 Å². The summed E-state index contributed by atoms with van der Waals surface area (Å²) in [5.74, 6) is 1.16. The van der Waals surface area contributed by atoms with Crippen molar-refractivity contribution in [1.82, 2.24) is 0 Å². The molecule has 0 aliphatic carbocycles. The number of carbonyl (C=O) groups is 1. The van der Waals surface area contributed by atoms with Crippen molar-refractivity contribution in [2.45, 2.75) is 13.8 Å². The minimum atomic E-state index is -0.134. The monoisotopic (exact) mass is 506 g/mol. The predicted molar refractivity (Wildman–Crippen MR) is 133 cm³/mol.